The van der Waals surface area contributed by atoms with Gasteiger partial charge < -0.3 is 9.73 Å². The van der Waals surface area contributed by atoms with Gasteiger partial charge in [0.15, 0.2) is 11.5 Å². The SMILES string of the molecule is Cc1nc2cc(NC(=O)CSc3ccccc3C)ccc2o1. The van der Waals surface area contributed by atoms with Crippen LogP contribution in [0.2, 0.25) is 0 Å². The Labute approximate surface area is 132 Å². The van der Waals surface area contributed by atoms with Gasteiger partial charge in [0, 0.05) is 17.5 Å². The van der Waals surface area contributed by atoms with E-state index in [1.54, 1.807) is 6.92 Å². The first-order valence-electron chi connectivity index (χ1n) is 6.97. The first-order chi connectivity index (χ1) is 10.6. The van der Waals surface area contributed by atoms with Gasteiger partial charge in [-0.05, 0) is 36.8 Å². The lowest BCUT2D eigenvalue weighted by Crippen LogP contribution is -2.13. The zero-order chi connectivity index (χ0) is 15.5. The Morgan fingerprint density at radius 1 is 1.23 bits per heavy atom. The molecular formula is C17H16N2O2S. The lowest BCUT2D eigenvalue weighted by Gasteiger charge is -2.06. The number of hydrogen-bond donors (Lipinski definition) is 1. The van der Waals surface area contributed by atoms with E-state index in [2.05, 4.69) is 10.3 Å². The van der Waals surface area contributed by atoms with Gasteiger partial charge in [0.05, 0.1) is 5.75 Å². The molecule has 0 radical (unpaired) electrons. The van der Waals surface area contributed by atoms with Gasteiger partial charge in [-0.25, -0.2) is 4.98 Å². The molecule has 0 unspecified atom stereocenters. The van der Waals surface area contributed by atoms with Crippen LogP contribution in [0.15, 0.2) is 51.8 Å². The molecule has 3 aromatic rings. The maximum Gasteiger partial charge on any atom is 0.234 e. The molecule has 1 heterocycles. The number of benzene rings is 2. The third-order valence-electron chi connectivity index (χ3n) is 3.23. The van der Waals surface area contributed by atoms with E-state index in [-0.39, 0.29) is 5.91 Å². The van der Waals surface area contributed by atoms with Crippen LogP contribution in [0.3, 0.4) is 0 Å². The Morgan fingerprint density at radius 3 is 2.86 bits per heavy atom. The molecule has 112 valence electrons. The summed E-state index contributed by atoms with van der Waals surface area (Å²) in [4.78, 5) is 17.5. The van der Waals surface area contributed by atoms with Gasteiger partial charge in [-0.1, -0.05) is 18.2 Å². The number of hydrogen-bond acceptors (Lipinski definition) is 4. The Kier molecular flexibility index (Phi) is 4.15. The molecule has 0 atom stereocenters. The maximum atomic E-state index is 12.1. The van der Waals surface area contributed by atoms with Crippen LogP contribution in [0.4, 0.5) is 5.69 Å². The highest BCUT2D eigenvalue weighted by atomic mass is 32.2. The molecule has 1 amide bonds. The molecule has 1 N–H and O–H groups in total. The first-order valence-corrected chi connectivity index (χ1v) is 7.96. The molecule has 0 aliphatic carbocycles. The molecule has 0 aliphatic rings. The first kappa shape index (κ1) is 14.7. The van der Waals surface area contributed by atoms with Crippen molar-refractivity contribution in [1.29, 1.82) is 0 Å². The van der Waals surface area contributed by atoms with E-state index in [0.29, 0.717) is 11.6 Å². The lowest BCUT2D eigenvalue weighted by molar-refractivity contribution is -0.113. The smallest absolute Gasteiger partial charge is 0.234 e. The summed E-state index contributed by atoms with van der Waals surface area (Å²) in [6.07, 6.45) is 0. The van der Waals surface area contributed by atoms with E-state index < -0.39 is 0 Å². The van der Waals surface area contributed by atoms with E-state index in [1.165, 1.54) is 17.3 Å². The minimum Gasteiger partial charge on any atom is -0.441 e. The summed E-state index contributed by atoms with van der Waals surface area (Å²) in [7, 11) is 0. The molecule has 0 bridgehead atoms. The van der Waals surface area contributed by atoms with Gasteiger partial charge in [-0.15, -0.1) is 11.8 Å². The number of oxazole rings is 1. The van der Waals surface area contributed by atoms with Crippen LogP contribution in [-0.2, 0) is 4.79 Å². The van der Waals surface area contributed by atoms with Crippen LogP contribution in [-0.4, -0.2) is 16.6 Å². The Bertz CT molecular complexity index is 826. The Balaban J connectivity index is 1.64. The zero-order valence-electron chi connectivity index (χ0n) is 12.4. The maximum absolute atomic E-state index is 12.1. The van der Waals surface area contributed by atoms with Crippen molar-refractivity contribution in [2.75, 3.05) is 11.1 Å². The second-order valence-electron chi connectivity index (χ2n) is 5.02. The number of aryl methyl sites for hydroxylation is 2. The number of fused-ring (bicyclic) bond motifs is 1. The van der Waals surface area contributed by atoms with Gasteiger partial charge in [-0.2, -0.15) is 0 Å². The highest BCUT2D eigenvalue weighted by Crippen LogP contribution is 2.23. The average Bonchev–Trinajstić information content (AvgIpc) is 2.86. The molecule has 0 spiro atoms. The van der Waals surface area contributed by atoms with Crippen LogP contribution in [0.5, 0.6) is 0 Å². The second-order valence-corrected chi connectivity index (χ2v) is 6.03. The van der Waals surface area contributed by atoms with Crippen molar-refractivity contribution in [2.45, 2.75) is 18.7 Å². The average molecular weight is 312 g/mol. The van der Waals surface area contributed by atoms with E-state index in [9.17, 15) is 4.79 Å². The van der Waals surface area contributed by atoms with E-state index in [1.807, 2.05) is 49.4 Å². The molecule has 0 saturated heterocycles. The van der Waals surface area contributed by atoms with Crippen molar-refractivity contribution in [2.24, 2.45) is 0 Å². The monoisotopic (exact) mass is 312 g/mol. The summed E-state index contributed by atoms with van der Waals surface area (Å²) in [6.45, 7) is 3.85. The topological polar surface area (TPSA) is 55.1 Å². The molecule has 0 fully saturated rings. The van der Waals surface area contributed by atoms with Crippen molar-refractivity contribution in [1.82, 2.24) is 4.98 Å². The number of thioether (sulfide) groups is 1. The Morgan fingerprint density at radius 2 is 2.05 bits per heavy atom. The second kappa shape index (κ2) is 6.23. The number of rotatable bonds is 4. The lowest BCUT2D eigenvalue weighted by atomic mass is 10.2. The molecule has 22 heavy (non-hydrogen) atoms. The molecule has 0 aliphatic heterocycles. The van der Waals surface area contributed by atoms with Gasteiger partial charge in [-0.3, -0.25) is 4.79 Å². The van der Waals surface area contributed by atoms with Crippen LogP contribution >= 0.6 is 11.8 Å². The summed E-state index contributed by atoms with van der Waals surface area (Å²) < 4.78 is 5.42. The third-order valence-corrected chi connectivity index (χ3v) is 4.41. The molecule has 5 heteroatoms. The fourth-order valence-electron chi connectivity index (χ4n) is 2.18. The minimum atomic E-state index is -0.0344. The minimum absolute atomic E-state index is 0.0344. The molecule has 0 saturated carbocycles. The fourth-order valence-corrected chi connectivity index (χ4v) is 3.01. The van der Waals surface area contributed by atoms with Crippen LogP contribution in [0.25, 0.3) is 11.1 Å². The van der Waals surface area contributed by atoms with Crippen molar-refractivity contribution >= 4 is 34.5 Å². The van der Waals surface area contributed by atoms with Crippen LogP contribution in [0, 0.1) is 13.8 Å². The summed E-state index contributed by atoms with van der Waals surface area (Å²) >= 11 is 1.54. The summed E-state index contributed by atoms with van der Waals surface area (Å²) in [5.74, 6) is 0.960. The molecular weight excluding hydrogens is 296 g/mol. The number of carbonyl (C=O) groups excluding carboxylic acids is 1. The number of amides is 1. The predicted octanol–water partition coefficient (Wildman–Crippen LogP) is 4.18. The predicted molar refractivity (Wildman–Crippen MR) is 89.3 cm³/mol. The standard InChI is InChI=1S/C17H16N2O2S/c1-11-5-3-4-6-16(11)22-10-17(20)19-13-7-8-15-14(9-13)18-12(2)21-15/h3-9H,10H2,1-2H3,(H,19,20). The van der Waals surface area contributed by atoms with E-state index in [0.717, 1.165) is 21.7 Å². The van der Waals surface area contributed by atoms with Crippen LogP contribution < -0.4 is 5.32 Å². The van der Waals surface area contributed by atoms with Crippen molar-refractivity contribution < 1.29 is 9.21 Å². The van der Waals surface area contributed by atoms with Crippen molar-refractivity contribution in [3.63, 3.8) is 0 Å². The van der Waals surface area contributed by atoms with E-state index in [4.69, 9.17) is 4.42 Å². The number of anilines is 1. The summed E-state index contributed by atoms with van der Waals surface area (Å²) in [5, 5.41) is 2.89. The van der Waals surface area contributed by atoms with Gasteiger partial charge in [0.1, 0.15) is 5.52 Å². The zero-order valence-corrected chi connectivity index (χ0v) is 13.2. The number of nitrogens with zero attached hydrogens (tertiary/aromatic N) is 1. The quantitative estimate of drug-likeness (QED) is 0.734. The van der Waals surface area contributed by atoms with Crippen molar-refractivity contribution in [3.8, 4) is 0 Å². The van der Waals surface area contributed by atoms with Crippen molar-refractivity contribution in [3.05, 3.63) is 53.9 Å². The number of nitrogens with one attached hydrogen (secondary N) is 1. The highest BCUT2D eigenvalue weighted by Gasteiger charge is 2.07. The van der Waals surface area contributed by atoms with E-state index >= 15 is 0 Å². The molecule has 2 aromatic carbocycles. The Hall–Kier alpha value is -2.27. The van der Waals surface area contributed by atoms with Gasteiger partial charge in [0.2, 0.25) is 5.91 Å². The molecule has 1 aromatic heterocycles. The van der Waals surface area contributed by atoms with Gasteiger partial charge >= 0.3 is 0 Å². The number of carbonyl (C=O) groups is 1. The fraction of sp³-hybridized carbons (Fsp3) is 0.176. The molecule has 3 rings (SSSR count). The largest absolute Gasteiger partial charge is 0.441 e. The normalized spacial score (nSPS) is 10.8. The summed E-state index contributed by atoms with van der Waals surface area (Å²) in [5.41, 5.74) is 3.39. The third kappa shape index (κ3) is 3.31. The number of aromatic nitrogens is 1. The summed E-state index contributed by atoms with van der Waals surface area (Å²) in [6, 6.07) is 13.5. The highest BCUT2D eigenvalue weighted by molar-refractivity contribution is 8.00. The van der Waals surface area contributed by atoms with Gasteiger partial charge in [0.25, 0.3) is 0 Å². The molecule has 4 nitrogen and oxygen atoms in total. The van der Waals surface area contributed by atoms with Crippen LogP contribution in [0.1, 0.15) is 11.5 Å².